The molecule has 12 nitrogen and oxygen atoms in total. The zero-order chi connectivity index (χ0) is 34.9. The first-order valence-electron chi connectivity index (χ1n) is 17.7. The SMILES string of the molecule is CCC1CCc2cc(O)cc(-c3ncc4c(N5CC6CCC(C5)N6C(=O)OCOC(C)=O)nc(OC[C@@H]5CCCNC[C@H](F)C5)nc4c3F)c21. The Morgan fingerprint density at radius 1 is 1.10 bits per heavy atom. The molecule has 5 atom stereocenters. The number of nitrogens with one attached hydrogen (secondary N) is 1. The number of anilines is 1. The summed E-state index contributed by atoms with van der Waals surface area (Å²) < 4.78 is 47.6. The molecule has 3 aliphatic heterocycles. The lowest BCUT2D eigenvalue weighted by atomic mass is 9.91. The highest BCUT2D eigenvalue weighted by atomic mass is 19.1. The number of benzene rings is 1. The number of halogens is 2. The Labute approximate surface area is 289 Å². The number of aromatic hydroxyl groups is 1. The number of amides is 1. The van der Waals surface area contributed by atoms with Crippen molar-refractivity contribution in [1.29, 1.82) is 0 Å². The van der Waals surface area contributed by atoms with Crippen LogP contribution in [0, 0.1) is 11.7 Å². The summed E-state index contributed by atoms with van der Waals surface area (Å²) in [4.78, 5) is 41.8. The molecule has 0 radical (unpaired) electrons. The van der Waals surface area contributed by atoms with Crippen LogP contribution in [0.25, 0.3) is 22.2 Å². The van der Waals surface area contributed by atoms with E-state index in [0.717, 1.165) is 62.6 Å². The molecule has 4 aliphatic rings. The van der Waals surface area contributed by atoms with Gasteiger partial charge in [-0.1, -0.05) is 6.92 Å². The van der Waals surface area contributed by atoms with Gasteiger partial charge in [-0.25, -0.2) is 13.6 Å². The third-order valence-electron chi connectivity index (χ3n) is 10.6. The van der Waals surface area contributed by atoms with E-state index in [1.165, 1.54) is 6.92 Å². The molecule has 1 aromatic carbocycles. The summed E-state index contributed by atoms with van der Waals surface area (Å²) in [7, 11) is 0. The third kappa shape index (κ3) is 6.86. The first kappa shape index (κ1) is 34.1. The number of alkyl halides is 1. The number of esters is 1. The van der Waals surface area contributed by atoms with Crippen LogP contribution in [0.4, 0.5) is 19.4 Å². The molecule has 1 aliphatic carbocycles. The van der Waals surface area contributed by atoms with Crippen molar-refractivity contribution in [2.45, 2.75) is 89.4 Å². The molecule has 2 bridgehead atoms. The third-order valence-corrected chi connectivity index (χ3v) is 10.6. The maximum absolute atomic E-state index is 16.9. The topological polar surface area (TPSA) is 139 Å². The van der Waals surface area contributed by atoms with Gasteiger partial charge in [-0.3, -0.25) is 14.7 Å². The normalized spacial score (nSPS) is 24.8. The minimum atomic E-state index is -0.994. The highest BCUT2D eigenvalue weighted by Crippen LogP contribution is 2.45. The second-order valence-corrected chi connectivity index (χ2v) is 13.9. The molecule has 1 amide bonds. The molecule has 5 heterocycles. The van der Waals surface area contributed by atoms with E-state index in [9.17, 15) is 19.1 Å². The standard InChI is InChI=1S/C36H44F2N6O6/c1-3-22-6-7-23-12-27(46)13-28(30(22)23)32-31(38)33-29(15-40-32)34(42-35(41-33)48-18-21-5-4-10-39-14-24(37)11-21)43-16-25-8-9-26(17-43)44(25)36(47)50-19-49-20(2)45/h12-13,15,21-22,24-26,39,46H,3-11,14,16-19H2,1-2H3/t21-,22?,24-,25?,26?/m1/s1. The number of phenolic OH excluding ortho intramolecular Hbond substituents is 1. The van der Waals surface area contributed by atoms with Gasteiger partial charge in [0.1, 0.15) is 28.9 Å². The van der Waals surface area contributed by atoms with Crippen LogP contribution in [-0.4, -0.2) is 94.9 Å². The van der Waals surface area contributed by atoms with E-state index >= 15 is 4.39 Å². The zero-order valence-corrected chi connectivity index (χ0v) is 28.5. The number of piperazine rings is 1. The molecule has 2 N–H and O–H groups in total. The number of rotatable bonds is 8. The minimum absolute atomic E-state index is 0.0118. The van der Waals surface area contributed by atoms with E-state index in [1.807, 2.05) is 4.90 Å². The lowest BCUT2D eigenvalue weighted by Gasteiger charge is -2.41. The van der Waals surface area contributed by atoms with Crippen molar-refractivity contribution >= 4 is 28.8 Å². The Morgan fingerprint density at radius 2 is 1.90 bits per heavy atom. The van der Waals surface area contributed by atoms with Gasteiger partial charge in [0, 0.05) is 38.3 Å². The molecule has 7 rings (SSSR count). The van der Waals surface area contributed by atoms with E-state index < -0.39 is 30.8 Å². The fraction of sp³-hybridized carbons (Fsp3) is 0.583. The second-order valence-electron chi connectivity index (χ2n) is 13.9. The molecule has 3 fully saturated rings. The van der Waals surface area contributed by atoms with Crippen molar-refractivity contribution in [3.63, 3.8) is 0 Å². The van der Waals surface area contributed by atoms with Crippen molar-refractivity contribution < 1.29 is 37.7 Å². The monoisotopic (exact) mass is 694 g/mol. The van der Waals surface area contributed by atoms with E-state index in [4.69, 9.17) is 19.2 Å². The molecule has 0 spiro atoms. The van der Waals surface area contributed by atoms with E-state index in [-0.39, 0.29) is 53.5 Å². The molecule has 3 saturated heterocycles. The Bertz CT molecular complexity index is 1750. The number of pyridine rings is 1. The number of nitrogens with zero attached hydrogens (tertiary/aromatic N) is 5. The molecule has 3 unspecified atom stereocenters. The van der Waals surface area contributed by atoms with Gasteiger partial charge in [0.15, 0.2) is 5.82 Å². The average Bonchev–Trinajstić information content (AvgIpc) is 3.62. The molecular formula is C36H44F2N6O6. The maximum Gasteiger partial charge on any atom is 0.413 e. The highest BCUT2D eigenvalue weighted by Gasteiger charge is 2.44. The molecule has 50 heavy (non-hydrogen) atoms. The predicted molar refractivity (Wildman–Crippen MR) is 180 cm³/mol. The number of hydrogen-bond acceptors (Lipinski definition) is 11. The molecule has 14 heteroatoms. The summed E-state index contributed by atoms with van der Waals surface area (Å²) in [5.74, 6) is -0.510. The van der Waals surface area contributed by atoms with Gasteiger partial charge in [0.2, 0.25) is 6.79 Å². The van der Waals surface area contributed by atoms with Crippen LogP contribution in [0.2, 0.25) is 0 Å². The van der Waals surface area contributed by atoms with Gasteiger partial charge in [0.25, 0.3) is 0 Å². The second kappa shape index (κ2) is 14.5. The Balaban J connectivity index is 1.24. The van der Waals surface area contributed by atoms with Crippen LogP contribution in [0.1, 0.15) is 75.8 Å². The molecule has 3 aromatic rings. The zero-order valence-electron chi connectivity index (χ0n) is 28.5. The molecule has 2 aromatic heterocycles. The smallest absolute Gasteiger partial charge is 0.413 e. The van der Waals surface area contributed by atoms with E-state index in [0.29, 0.717) is 42.8 Å². The maximum atomic E-state index is 16.9. The average molecular weight is 695 g/mol. The quantitative estimate of drug-likeness (QED) is 0.232. The number of carbonyl (C=O) groups excluding carboxylic acids is 2. The van der Waals surface area contributed by atoms with Gasteiger partial charge < -0.3 is 29.5 Å². The number of phenols is 1. The predicted octanol–water partition coefficient (Wildman–Crippen LogP) is 5.39. The highest BCUT2D eigenvalue weighted by molar-refractivity contribution is 5.92. The summed E-state index contributed by atoms with van der Waals surface area (Å²) >= 11 is 0. The fourth-order valence-corrected chi connectivity index (χ4v) is 8.27. The van der Waals surface area contributed by atoms with Crippen LogP contribution >= 0.6 is 0 Å². The van der Waals surface area contributed by atoms with Gasteiger partial charge in [-0.05, 0) is 93.0 Å². The van der Waals surface area contributed by atoms with Crippen molar-refractivity contribution in [3.05, 3.63) is 35.3 Å². The molecule has 0 saturated carbocycles. The van der Waals surface area contributed by atoms with Crippen LogP contribution in [0.15, 0.2) is 18.3 Å². The van der Waals surface area contributed by atoms with Crippen molar-refractivity contribution in [2.24, 2.45) is 5.92 Å². The van der Waals surface area contributed by atoms with Gasteiger partial charge in [-0.2, -0.15) is 9.97 Å². The van der Waals surface area contributed by atoms with Crippen molar-refractivity contribution in [1.82, 2.24) is 25.2 Å². The van der Waals surface area contributed by atoms with Gasteiger partial charge in [-0.15, -0.1) is 0 Å². The molecule has 268 valence electrons. The number of ether oxygens (including phenoxy) is 3. The Kier molecular flexibility index (Phi) is 9.89. The van der Waals surface area contributed by atoms with Crippen molar-refractivity contribution in [3.8, 4) is 23.0 Å². The first-order valence-corrected chi connectivity index (χ1v) is 17.7. The number of hydrogen-bond donors (Lipinski definition) is 2. The summed E-state index contributed by atoms with van der Waals surface area (Å²) in [6.45, 7) is 4.91. The largest absolute Gasteiger partial charge is 0.508 e. The van der Waals surface area contributed by atoms with Crippen molar-refractivity contribution in [2.75, 3.05) is 44.5 Å². The number of fused-ring (bicyclic) bond motifs is 4. The van der Waals surface area contributed by atoms with E-state index in [2.05, 4.69) is 22.2 Å². The van der Waals surface area contributed by atoms with Crippen LogP contribution in [-0.2, 0) is 20.7 Å². The van der Waals surface area contributed by atoms with Crippen LogP contribution < -0.4 is 15.0 Å². The summed E-state index contributed by atoms with van der Waals surface area (Å²) in [5, 5.41) is 14.1. The lowest BCUT2D eigenvalue weighted by Crippen LogP contribution is -2.56. The Morgan fingerprint density at radius 3 is 2.66 bits per heavy atom. The number of carbonyl (C=O) groups is 2. The number of aromatic nitrogens is 3. The lowest BCUT2D eigenvalue weighted by molar-refractivity contribution is -0.149. The summed E-state index contributed by atoms with van der Waals surface area (Å²) in [6, 6.07) is 2.90. The minimum Gasteiger partial charge on any atom is -0.508 e. The Hall–Kier alpha value is -4.33. The fourth-order valence-electron chi connectivity index (χ4n) is 8.27. The van der Waals surface area contributed by atoms with Gasteiger partial charge in [0.05, 0.1) is 24.1 Å². The van der Waals surface area contributed by atoms with Crippen LogP contribution in [0.3, 0.4) is 0 Å². The van der Waals surface area contributed by atoms with Crippen LogP contribution in [0.5, 0.6) is 11.8 Å². The van der Waals surface area contributed by atoms with Gasteiger partial charge >= 0.3 is 18.1 Å². The number of aryl methyl sites for hydroxylation is 1. The first-order chi connectivity index (χ1) is 24.2. The summed E-state index contributed by atoms with van der Waals surface area (Å²) in [5.41, 5.74) is 2.71. The summed E-state index contributed by atoms with van der Waals surface area (Å²) in [6.07, 6.45) is 6.10. The van der Waals surface area contributed by atoms with E-state index in [1.54, 1.807) is 23.2 Å². The molecular weight excluding hydrogens is 650 g/mol.